The number of aliphatic carboxylic acids is 1. The number of nitrogens with zero attached hydrogens (tertiary/aromatic N) is 4. The molecule has 0 aromatic carbocycles. The Bertz CT molecular complexity index is 1150. The molecule has 4 heterocycles. The first-order valence-electron chi connectivity index (χ1n) is 9.61. The maximum absolute atomic E-state index is 12.8. The summed E-state index contributed by atoms with van der Waals surface area (Å²) >= 11 is 3.91. The van der Waals surface area contributed by atoms with Crippen molar-refractivity contribution in [3.05, 3.63) is 46.1 Å². The maximum atomic E-state index is 12.8. The predicted molar refractivity (Wildman–Crippen MR) is 124 cm³/mol. The number of thioether (sulfide) groups is 2. The number of β-lactam (4-membered cyclic amide) rings is 1. The Morgan fingerprint density at radius 3 is 2.82 bits per heavy atom. The van der Waals surface area contributed by atoms with Crippen molar-refractivity contribution in [3.63, 3.8) is 0 Å². The first kappa shape index (κ1) is 23.1. The van der Waals surface area contributed by atoms with E-state index >= 15 is 0 Å². The summed E-state index contributed by atoms with van der Waals surface area (Å²) in [5.74, 6) is -2.52. The van der Waals surface area contributed by atoms with Gasteiger partial charge in [-0.2, -0.15) is 0 Å². The van der Waals surface area contributed by atoms with E-state index in [1.807, 2.05) is 18.2 Å². The van der Waals surface area contributed by atoms with E-state index in [1.54, 1.807) is 6.20 Å². The number of carboxylic acid groups (broad SMARTS) is 1. The van der Waals surface area contributed by atoms with E-state index < -0.39 is 29.9 Å². The second kappa shape index (κ2) is 9.80. The minimum atomic E-state index is -1.20. The van der Waals surface area contributed by atoms with Crippen LogP contribution in [0.2, 0.25) is 0 Å². The second-order valence-electron chi connectivity index (χ2n) is 6.94. The van der Waals surface area contributed by atoms with E-state index in [1.165, 1.54) is 33.8 Å². The molecule has 14 heteroatoms. The van der Waals surface area contributed by atoms with Gasteiger partial charge in [0.05, 0.1) is 11.1 Å². The second-order valence-corrected chi connectivity index (χ2v) is 10.3. The monoisotopic (exact) mass is 506 g/mol. The lowest BCUT2D eigenvalue weighted by Gasteiger charge is -2.50. The molecular formula is C19H18N6O5S3. The Balaban J connectivity index is 1.44. The van der Waals surface area contributed by atoms with Crippen molar-refractivity contribution in [2.75, 3.05) is 10.8 Å². The van der Waals surface area contributed by atoms with Gasteiger partial charge in [-0.15, -0.1) is 23.1 Å². The summed E-state index contributed by atoms with van der Waals surface area (Å²) in [6.07, 6.45) is 2.63. The van der Waals surface area contributed by atoms with Crippen molar-refractivity contribution in [3.8, 4) is 0 Å². The number of carboxylic acids is 1. The van der Waals surface area contributed by atoms with Crippen LogP contribution in [0.1, 0.15) is 18.5 Å². The number of fused-ring (bicyclic) bond motifs is 1. The minimum Gasteiger partial charge on any atom is -0.477 e. The number of nitrogen functional groups attached to an aromatic ring is 1. The van der Waals surface area contributed by atoms with Gasteiger partial charge in [-0.1, -0.05) is 23.0 Å². The van der Waals surface area contributed by atoms with Crippen molar-refractivity contribution in [2.24, 2.45) is 5.16 Å². The Labute approximate surface area is 200 Å². The lowest BCUT2D eigenvalue weighted by Crippen LogP contribution is -2.72. The molecule has 2 amide bonds. The van der Waals surface area contributed by atoms with E-state index in [2.05, 4.69) is 20.4 Å². The molecule has 0 bridgehead atoms. The molecule has 0 unspecified atom stereocenters. The number of rotatable bonds is 8. The van der Waals surface area contributed by atoms with Gasteiger partial charge < -0.3 is 21.4 Å². The van der Waals surface area contributed by atoms with Gasteiger partial charge in [-0.05, 0) is 25.0 Å². The quantitative estimate of drug-likeness (QED) is 0.103. The summed E-state index contributed by atoms with van der Waals surface area (Å²) in [4.78, 5) is 47.3. The van der Waals surface area contributed by atoms with Crippen LogP contribution < -0.4 is 11.1 Å². The standard InChI is InChI=1S/C19H18N6O5S3/c20-19-22-9(7-31-19)13(24-30)16(26)23-14-10-4-5-11(15(18(28)29)25(10)17(14)27)32-8-33-12-3-1-2-6-21-12/h1-3,6-7,10,14,30H,4-5,8H2,(H2,20,22)(H,23,26)(H,28,29)/b24-13-/t10-,14+/m1/s1. The lowest BCUT2D eigenvalue weighted by atomic mass is 9.86. The maximum Gasteiger partial charge on any atom is 0.353 e. The number of pyridine rings is 1. The Kier molecular flexibility index (Phi) is 6.85. The molecular weight excluding hydrogens is 488 g/mol. The predicted octanol–water partition coefficient (Wildman–Crippen LogP) is 1.57. The zero-order valence-corrected chi connectivity index (χ0v) is 19.3. The van der Waals surface area contributed by atoms with Crippen LogP contribution in [0.15, 0.2) is 50.6 Å². The summed E-state index contributed by atoms with van der Waals surface area (Å²) in [6, 6.07) is 4.13. The summed E-state index contributed by atoms with van der Waals surface area (Å²) in [7, 11) is 0. The van der Waals surface area contributed by atoms with Crippen LogP contribution in [0.4, 0.5) is 5.13 Å². The van der Waals surface area contributed by atoms with Gasteiger partial charge in [0.2, 0.25) is 0 Å². The number of hydrogen-bond donors (Lipinski definition) is 4. The highest BCUT2D eigenvalue weighted by Crippen LogP contribution is 2.42. The van der Waals surface area contributed by atoms with E-state index in [0.29, 0.717) is 22.8 Å². The number of carbonyl (C=O) groups excluding carboxylic acids is 2. The zero-order valence-electron chi connectivity index (χ0n) is 16.9. The molecule has 33 heavy (non-hydrogen) atoms. The van der Waals surface area contributed by atoms with Gasteiger partial charge in [0.1, 0.15) is 17.4 Å². The molecule has 2 atom stereocenters. The number of thiazole rings is 1. The molecule has 2 aromatic rings. The van der Waals surface area contributed by atoms with E-state index in [0.717, 1.165) is 16.4 Å². The number of anilines is 1. The van der Waals surface area contributed by atoms with Crippen molar-refractivity contribution in [1.82, 2.24) is 20.2 Å². The minimum absolute atomic E-state index is 0.0586. The molecule has 1 fully saturated rings. The number of oxime groups is 1. The average molecular weight is 507 g/mol. The van der Waals surface area contributed by atoms with Gasteiger partial charge in [-0.3, -0.25) is 14.5 Å². The number of carbonyl (C=O) groups is 3. The van der Waals surface area contributed by atoms with Crippen LogP contribution in [-0.4, -0.2) is 65.8 Å². The molecule has 0 spiro atoms. The Hall–Kier alpha value is -3.10. The van der Waals surface area contributed by atoms with E-state index in [-0.39, 0.29) is 22.2 Å². The van der Waals surface area contributed by atoms with Crippen molar-refractivity contribution < 1.29 is 24.7 Å². The number of amides is 2. The third-order valence-corrected chi connectivity index (χ3v) is 7.94. The Morgan fingerprint density at radius 1 is 1.36 bits per heavy atom. The number of nitrogens with two attached hydrogens (primary N) is 1. The number of aromatic nitrogens is 2. The first-order chi connectivity index (χ1) is 15.9. The van der Waals surface area contributed by atoms with Crippen LogP contribution in [0.25, 0.3) is 0 Å². The molecule has 2 aliphatic heterocycles. The van der Waals surface area contributed by atoms with E-state index in [4.69, 9.17) is 5.73 Å². The fraction of sp³-hybridized carbons (Fsp3) is 0.263. The topological polar surface area (TPSA) is 171 Å². The van der Waals surface area contributed by atoms with E-state index in [9.17, 15) is 24.7 Å². The highest BCUT2D eigenvalue weighted by molar-refractivity contribution is 8.17. The Morgan fingerprint density at radius 2 is 2.18 bits per heavy atom. The molecule has 0 aliphatic carbocycles. The molecule has 172 valence electrons. The molecule has 1 saturated heterocycles. The van der Waals surface area contributed by atoms with Gasteiger partial charge in [0.15, 0.2) is 10.8 Å². The fourth-order valence-corrected chi connectivity index (χ4v) is 6.31. The van der Waals surface area contributed by atoms with Gasteiger partial charge in [-0.25, -0.2) is 14.8 Å². The largest absolute Gasteiger partial charge is 0.477 e. The highest BCUT2D eigenvalue weighted by Gasteiger charge is 2.53. The molecule has 5 N–H and O–H groups in total. The van der Waals surface area contributed by atoms with Crippen LogP contribution in [0.5, 0.6) is 0 Å². The SMILES string of the molecule is Nc1nc(/C(=N/O)C(=O)N[C@@H]2C(=O)N3C(C(=O)O)=C(SCSc4ccccn4)CC[C@H]23)cs1. The van der Waals surface area contributed by atoms with Crippen molar-refractivity contribution in [2.45, 2.75) is 30.0 Å². The van der Waals surface area contributed by atoms with Gasteiger partial charge >= 0.3 is 5.97 Å². The normalized spacial score (nSPS) is 20.3. The van der Waals surface area contributed by atoms with Gasteiger partial charge in [0.25, 0.3) is 11.8 Å². The first-order valence-corrected chi connectivity index (χ1v) is 12.5. The number of hydrogen-bond acceptors (Lipinski definition) is 11. The molecule has 0 saturated carbocycles. The molecule has 0 radical (unpaired) electrons. The molecule has 2 aliphatic rings. The van der Waals surface area contributed by atoms with Crippen LogP contribution in [-0.2, 0) is 14.4 Å². The number of nitrogens with one attached hydrogen (secondary N) is 1. The molecule has 2 aromatic heterocycles. The lowest BCUT2D eigenvalue weighted by molar-refractivity contribution is -0.155. The van der Waals surface area contributed by atoms with Crippen molar-refractivity contribution in [1.29, 1.82) is 0 Å². The summed E-state index contributed by atoms with van der Waals surface area (Å²) in [5.41, 5.74) is 5.21. The summed E-state index contributed by atoms with van der Waals surface area (Å²) in [6.45, 7) is 0. The summed E-state index contributed by atoms with van der Waals surface area (Å²) < 4.78 is 0. The van der Waals surface area contributed by atoms with Crippen LogP contribution in [0, 0.1) is 0 Å². The van der Waals surface area contributed by atoms with Crippen LogP contribution in [0.3, 0.4) is 0 Å². The highest BCUT2D eigenvalue weighted by atomic mass is 32.2. The smallest absolute Gasteiger partial charge is 0.353 e. The van der Waals surface area contributed by atoms with Gasteiger partial charge in [0, 0.05) is 21.6 Å². The third kappa shape index (κ3) is 4.67. The number of allylic oxidation sites excluding steroid dienone is 1. The fourth-order valence-electron chi connectivity index (χ4n) is 3.58. The zero-order chi connectivity index (χ0) is 23.5. The molecule has 11 nitrogen and oxygen atoms in total. The van der Waals surface area contributed by atoms with Crippen LogP contribution >= 0.6 is 34.9 Å². The average Bonchev–Trinajstić information content (AvgIpc) is 3.23. The third-order valence-electron chi connectivity index (χ3n) is 5.04. The van der Waals surface area contributed by atoms with Crippen molar-refractivity contribution >= 4 is 63.5 Å². The molecule has 4 rings (SSSR count). The summed E-state index contributed by atoms with van der Waals surface area (Å²) in [5, 5.41) is 27.5.